The highest BCUT2D eigenvalue weighted by Crippen LogP contribution is 2.34. The molecule has 2 rings (SSSR count). The largest absolute Gasteiger partial charge is 0.496 e. The Morgan fingerprint density at radius 1 is 1.05 bits per heavy atom. The van der Waals surface area contributed by atoms with Crippen molar-refractivity contribution in [1.29, 1.82) is 0 Å². The van der Waals surface area contributed by atoms with Gasteiger partial charge in [0.2, 0.25) is 0 Å². The zero-order valence-electron chi connectivity index (χ0n) is 10.4. The molecule has 0 radical (unpaired) electrons. The molecule has 0 aliphatic rings. The number of alkyl halides is 1. The molecule has 0 aromatic heterocycles. The molecule has 0 bridgehead atoms. The molecular weight excluding hydrogens is 270 g/mol. The molecule has 0 aliphatic heterocycles. The molecule has 0 spiro atoms. The Labute approximate surface area is 115 Å². The Kier molecular flexibility index (Phi) is 4.38. The van der Waals surface area contributed by atoms with Crippen molar-refractivity contribution in [3.05, 3.63) is 65.2 Å². The summed E-state index contributed by atoms with van der Waals surface area (Å²) in [6.45, 7) is 0. The summed E-state index contributed by atoms with van der Waals surface area (Å²) in [5.41, 5.74) is 0.711. The Balaban J connectivity index is 2.30. The van der Waals surface area contributed by atoms with Crippen molar-refractivity contribution in [2.75, 3.05) is 7.11 Å². The lowest BCUT2D eigenvalue weighted by atomic mass is 10.0. The minimum Gasteiger partial charge on any atom is -0.496 e. The van der Waals surface area contributed by atoms with Crippen LogP contribution in [0.5, 0.6) is 5.75 Å². The van der Waals surface area contributed by atoms with Gasteiger partial charge in [-0.2, -0.15) is 0 Å². The molecular formula is C15H13ClF2O. The second-order valence-electron chi connectivity index (χ2n) is 4.12. The van der Waals surface area contributed by atoms with Crippen LogP contribution in [-0.2, 0) is 6.42 Å². The van der Waals surface area contributed by atoms with Gasteiger partial charge in [-0.15, -0.1) is 11.6 Å². The molecule has 2 aromatic rings. The minimum atomic E-state index is -0.687. The summed E-state index contributed by atoms with van der Waals surface area (Å²) in [6.07, 6.45) is 0.200. The van der Waals surface area contributed by atoms with Gasteiger partial charge in [-0.3, -0.25) is 0 Å². The van der Waals surface area contributed by atoms with Crippen LogP contribution in [-0.4, -0.2) is 7.11 Å². The molecule has 0 fully saturated rings. The van der Waals surface area contributed by atoms with Crippen LogP contribution in [0.3, 0.4) is 0 Å². The number of hydrogen-bond donors (Lipinski definition) is 0. The van der Waals surface area contributed by atoms with E-state index in [-0.39, 0.29) is 17.8 Å². The van der Waals surface area contributed by atoms with Crippen LogP contribution >= 0.6 is 11.6 Å². The molecule has 1 atom stereocenters. The van der Waals surface area contributed by atoms with Crippen LogP contribution in [0.2, 0.25) is 0 Å². The first-order valence-electron chi connectivity index (χ1n) is 5.83. The zero-order valence-corrected chi connectivity index (χ0v) is 11.1. The van der Waals surface area contributed by atoms with Gasteiger partial charge in [-0.05, 0) is 30.2 Å². The Hall–Kier alpha value is -1.61. The van der Waals surface area contributed by atoms with Gasteiger partial charge in [0, 0.05) is 5.56 Å². The van der Waals surface area contributed by atoms with Gasteiger partial charge in [-0.1, -0.05) is 24.3 Å². The third-order valence-electron chi connectivity index (χ3n) is 2.90. The van der Waals surface area contributed by atoms with Crippen molar-refractivity contribution >= 4 is 11.6 Å². The number of ether oxygens (including phenoxy) is 1. The van der Waals surface area contributed by atoms with Crippen LogP contribution in [0.15, 0.2) is 42.5 Å². The lowest BCUT2D eigenvalue weighted by molar-refractivity contribution is 0.403. The van der Waals surface area contributed by atoms with Gasteiger partial charge < -0.3 is 4.74 Å². The highest BCUT2D eigenvalue weighted by atomic mass is 35.5. The maximum absolute atomic E-state index is 13.8. The molecule has 100 valence electrons. The lowest BCUT2D eigenvalue weighted by Gasteiger charge is -2.15. The smallest absolute Gasteiger partial charge is 0.131 e. The van der Waals surface area contributed by atoms with E-state index in [2.05, 4.69) is 0 Å². The summed E-state index contributed by atoms with van der Waals surface area (Å²) in [4.78, 5) is 0. The number of benzene rings is 2. The Bertz CT molecular complexity index is 572. The first kappa shape index (κ1) is 13.8. The topological polar surface area (TPSA) is 9.23 Å². The Morgan fingerprint density at radius 2 is 1.74 bits per heavy atom. The van der Waals surface area contributed by atoms with Gasteiger partial charge in [0.1, 0.15) is 17.4 Å². The maximum atomic E-state index is 13.8. The highest BCUT2D eigenvalue weighted by molar-refractivity contribution is 6.21. The molecule has 0 amide bonds. The molecule has 0 N–H and O–H groups in total. The first-order chi connectivity index (χ1) is 9.13. The van der Waals surface area contributed by atoms with Crippen molar-refractivity contribution in [2.24, 2.45) is 0 Å². The third-order valence-corrected chi connectivity index (χ3v) is 3.28. The fraction of sp³-hybridized carbons (Fsp3) is 0.200. The van der Waals surface area contributed by atoms with Gasteiger partial charge in [0.25, 0.3) is 0 Å². The van der Waals surface area contributed by atoms with E-state index in [1.165, 1.54) is 19.2 Å². The number of halogens is 3. The first-order valence-corrected chi connectivity index (χ1v) is 6.27. The lowest BCUT2D eigenvalue weighted by Crippen LogP contribution is -2.03. The van der Waals surface area contributed by atoms with Crippen molar-refractivity contribution < 1.29 is 13.5 Å². The van der Waals surface area contributed by atoms with E-state index in [0.717, 1.165) is 0 Å². The molecule has 0 heterocycles. The standard InChI is InChI=1S/C15H13ClF2O/c1-19-14-8-4-7-13(18)15(14)11(16)9-10-5-2-3-6-12(10)17/h2-8,11H,9H2,1H3. The predicted molar refractivity (Wildman–Crippen MR) is 71.7 cm³/mol. The highest BCUT2D eigenvalue weighted by Gasteiger charge is 2.19. The fourth-order valence-corrected chi connectivity index (χ4v) is 2.34. The molecule has 0 aliphatic carbocycles. The normalized spacial score (nSPS) is 12.2. The van der Waals surface area contributed by atoms with Crippen LogP contribution in [0.4, 0.5) is 8.78 Å². The molecule has 1 nitrogen and oxygen atoms in total. The van der Waals surface area contributed by atoms with E-state index in [4.69, 9.17) is 16.3 Å². The fourth-order valence-electron chi connectivity index (χ4n) is 1.96. The minimum absolute atomic E-state index is 0.200. The monoisotopic (exact) mass is 282 g/mol. The second-order valence-corrected chi connectivity index (χ2v) is 4.65. The SMILES string of the molecule is COc1cccc(F)c1C(Cl)Cc1ccccc1F. The molecule has 2 aromatic carbocycles. The van der Waals surface area contributed by atoms with E-state index in [1.54, 1.807) is 30.3 Å². The molecule has 19 heavy (non-hydrogen) atoms. The summed E-state index contributed by atoms with van der Waals surface area (Å²) < 4.78 is 32.5. The van der Waals surface area contributed by atoms with E-state index < -0.39 is 11.2 Å². The van der Waals surface area contributed by atoms with Crippen molar-refractivity contribution in [3.8, 4) is 5.75 Å². The summed E-state index contributed by atoms with van der Waals surface area (Å²) in [5, 5.41) is -0.687. The van der Waals surface area contributed by atoms with Gasteiger partial charge in [0.15, 0.2) is 0 Å². The van der Waals surface area contributed by atoms with Crippen molar-refractivity contribution in [3.63, 3.8) is 0 Å². The summed E-state index contributed by atoms with van der Waals surface area (Å²) in [7, 11) is 1.45. The summed E-state index contributed by atoms with van der Waals surface area (Å²) in [6, 6.07) is 10.8. The quantitative estimate of drug-likeness (QED) is 0.751. The van der Waals surface area contributed by atoms with Gasteiger partial charge in [0.05, 0.1) is 12.5 Å². The van der Waals surface area contributed by atoms with E-state index in [1.807, 2.05) is 0 Å². The average Bonchev–Trinajstić information content (AvgIpc) is 2.40. The van der Waals surface area contributed by atoms with Gasteiger partial charge in [-0.25, -0.2) is 8.78 Å². The molecule has 0 saturated heterocycles. The van der Waals surface area contributed by atoms with Crippen LogP contribution in [0.1, 0.15) is 16.5 Å². The van der Waals surface area contributed by atoms with Crippen molar-refractivity contribution in [2.45, 2.75) is 11.8 Å². The van der Waals surface area contributed by atoms with Crippen LogP contribution in [0, 0.1) is 11.6 Å². The zero-order chi connectivity index (χ0) is 13.8. The number of methoxy groups -OCH3 is 1. The summed E-state index contributed by atoms with van der Waals surface area (Å²) >= 11 is 6.22. The second kappa shape index (κ2) is 6.02. The Morgan fingerprint density at radius 3 is 2.42 bits per heavy atom. The average molecular weight is 283 g/mol. The molecule has 4 heteroatoms. The van der Waals surface area contributed by atoms with Gasteiger partial charge >= 0.3 is 0 Å². The number of rotatable bonds is 4. The van der Waals surface area contributed by atoms with E-state index in [9.17, 15) is 8.78 Å². The predicted octanol–water partition coefficient (Wildman–Crippen LogP) is 4.50. The van der Waals surface area contributed by atoms with E-state index in [0.29, 0.717) is 11.3 Å². The number of hydrogen-bond acceptors (Lipinski definition) is 1. The van der Waals surface area contributed by atoms with E-state index >= 15 is 0 Å². The van der Waals surface area contributed by atoms with Crippen molar-refractivity contribution in [1.82, 2.24) is 0 Å². The van der Waals surface area contributed by atoms with Crippen LogP contribution < -0.4 is 4.74 Å². The molecule has 1 unspecified atom stereocenters. The molecule has 0 saturated carbocycles. The maximum Gasteiger partial charge on any atom is 0.131 e. The third kappa shape index (κ3) is 3.04. The summed E-state index contributed by atoms with van der Waals surface area (Å²) in [5.74, 6) is -0.421. The van der Waals surface area contributed by atoms with Crippen LogP contribution in [0.25, 0.3) is 0 Å².